The Labute approximate surface area is 173 Å². The van der Waals surface area contributed by atoms with Gasteiger partial charge in [-0.2, -0.15) is 0 Å². The Morgan fingerprint density at radius 3 is 2.47 bits per heavy atom. The maximum atomic E-state index is 13.0. The number of rotatable bonds is 6. The molecule has 0 aliphatic carbocycles. The van der Waals surface area contributed by atoms with Crippen molar-refractivity contribution in [3.63, 3.8) is 0 Å². The summed E-state index contributed by atoms with van der Waals surface area (Å²) >= 11 is 0. The lowest BCUT2D eigenvalue weighted by Crippen LogP contribution is -2.46. The SMILES string of the molecule is CN(Cc1ccccc1OC(F)(F)F)C(=O)C1CCCN1C(=O)Cc1ccccc1. The molecule has 0 radical (unpaired) electrons. The Hall–Kier alpha value is -3.03. The topological polar surface area (TPSA) is 49.9 Å². The first-order valence-corrected chi connectivity index (χ1v) is 9.66. The van der Waals surface area contributed by atoms with Gasteiger partial charge >= 0.3 is 6.36 Å². The van der Waals surface area contributed by atoms with Crippen LogP contribution < -0.4 is 4.74 Å². The summed E-state index contributed by atoms with van der Waals surface area (Å²) in [5, 5.41) is 0. The Bertz CT molecular complexity index is 887. The third kappa shape index (κ3) is 5.52. The molecule has 1 unspecified atom stereocenters. The number of likely N-dealkylation sites (tertiary alicyclic amines) is 1. The summed E-state index contributed by atoms with van der Waals surface area (Å²) in [6.45, 7) is 0.436. The van der Waals surface area contributed by atoms with E-state index in [2.05, 4.69) is 4.74 Å². The van der Waals surface area contributed by atoms with Gasteiger partial charge in [-0.3, -0.25) is 9.59 Å². The molecule has 2 amide bonds. The van der Waals surface area contributed by atoms with Gasteiger partial charge in [0, 0.05) is 25.7 Å². The van der Waals surface area contributed by atoms with E-state index in [0.29, 0.717) is 19.4 Å². The molecule has 30 heavy (non-hydrogen) atoms. The Morgan fingerprint density at radius 1 is 1.10 bits per heavy atom. The van der Waals surface area contributed by atoms with Crippen LogP contribution >= 0.6 is 0 Å². The van der Waals surface area contributed by atoms with E-state index in [1.165, 1.54) is 30.1 Å². The fourth-order valence-electron chi connectivity index (χ4n) is 3.64. The zero-order chi connectivity index (χ0) is 21.7. The van der Waals surface area contributed by atoms with Crippen LogP contribution in [0.4, 0.5) is 13.2 Å². The number of amides is 2. The molecule has 1 heterocycles. The van der Waals surface area contributed by atoms with Crippen molar-refractivity contribution >= 4 is 11.8 Å². The van der Waals surface area contributed by atoms with Crippen LogP contribution in [0.3, 0.4) is 0 Å². The van der Waals surface area contributed by atoms with E-state index in [9.17, 15) is 22.8 Å². The molecule has 1 aliphatic heterocycles. The third-order valence-corrected chi connectivity index (χ3v) is 5.04. The van der Waals surface area contributed by atoms with Crippen LogP contribution in [-0.4, -0.2) is 47.6 Å². The second kappa shape index (κ2) is 9.19. The van der Waals surface area contributed by atoms with E-state index in [0.717, 1.165) is 5.56 Å². The molecule has 8 heteroatoms. The number of alkyl halides is 3. The monoisotopic (exact) mass is 420 g/mol. The van der Waals surface area contributed by atoms with Gasteiger partial charge in [-0.05, 0) is 24.5 Å². The fraction of sp³-hybridized carbons (Fsp3) is 0.364. The first kappa shape index (κ1) is 21.7. The number of carbonyl (C=O) groups excluding carboxylic acids is 2. The minimum atomic E-state index is -4.81. The number of carbonyl (C=O) groups is 2. The van der Waals surface area contributed by atoms with Gasteiger partial charge in [-0.15, -0.1) is 13.2 Å². The van der Waals surface area contributed by atoms with Crippen molar-refractivity contribution in [1.82, 2.24) is 9.80 Å². The molecule has 2 aromatic rings. The van der Waals surface area contributed by atoms with Gasteiger partial charge in [-0.25, -0.2) is 0 Å². The van der Waals surface area contributed by atoms with Crippen molar-refractivity contribution in [2.75, 3.05) is 13.6 Å². The number of hydrogen-bond donors (Lipinski definition) is 0. The predicted molar refractivity (Wildman–Crippen MR) is 104 cm³/mol. The highest BCUT2D eigenvalue weighted by molar-refractivity contribution is 5.89. The summed E-state index contributed by atoms with van der Waals surface area (Å²) in [6.07, 6.45) is -3.37. The number of halogens is 3. The van der Waals surface area contributed by atoms with E-state index in [1.54, 1.807) is 11.0 Å². The Morgan fingerprint density at radius 2 is 1.77 bits per heavy atom. The van der Waals surface area contributed by atoms with Gasteiger partial charge in [0.05, 0.1) is 6.42 Å². The maximum Gasteiger partial charge on any atom is 0.573 e. The highest BCUT2D eigenvalue weighted by atomic mass is 19.4. The molecule has 1 atom stereocenters. The van der Waals surface area contributed by atoms with E-state index in [4.69, 9.17) is 0 Å². The van der Waals surface area contributed by atoms with Gasteiger partial charge in [-0.1, -0.05) is 48.5 Å². The molecule has 2 aromatic carbocycles. The first-order valence-electron chi connectivity index (χ1n) is 9.66. The quantitative estimate of drug-likeness (QED) is 0.715. The standard InChI is InChI=1S/C22H23F3N2O3/c1-26(15-17-10-5-6-12-19(17)30-22(23,24)25)21(29)18-11-7-13-27(18)20(28)14-16-8-3-2-4-9-16/h2-6,8-10,12,18H,7,11,13-15H2,1H3. The van der Waals surface area contributed by atoms with E-state index in [-0.39, 0.29) is 36.1 Å². The molecule has 0 saturated carbocycles. The molecule has 1 saturated heterocycles. The van der Waals surface area contributed by atoms with Gasteiger partial charge in [0.2, 0.25) is 11.8 Å². The number of ether oxygens (including phenoxy) is 1. The summed E-state index contributed by atoms with van der Waals surface area (Å²) in [6, 6.07) is 14.4. The molecular formula is C22H23F3N2O3. The third-order valence-electron chi connectivity index (χ3n) is 5.04. The predicted octanol–water partition coefficient (Wildman–Crippen LogP) is 3.78. The number of nitrogens with zero attached hydrogens (tertiary/aromatic N) is 2. The van der Waals surface area contributed by atoms with Crippen LogP contribution in [0.2, 0.25) is 0 Å². The van der Waals surface area contributed by atoms with Crippen LogP contribution in [0.15, 0.2) is 54.6 Å². The van der Waals surface area contributed by atoms with Gasteiger partial charge in [0.25, 0.3) is 0 Å². The molecule has 3 rings (SSSR count). The first-order chi connectivity index (χ1) is 14.2. The molecule has 0 spiro atoms. The lowest BCUT2D eigenvalue weighted by molar-refractivity contribution is -0.275. The minimum absolute atomic E-state index is 0.0533. The van der Waals surface area contributed by atoms with Crippen LogP contribution in [0, 0.1) is 0 Å². The second-order valence-electron chi connectivity index (χ2n) is 7.26. The number of hydrogen-bond acceptors (Lipinski definition) is 3. The van der Waals surface area contributed by atoms with Crippen LogP contribution in [0.5, 0.6) is 5.75 Å². The normalized spacial score (nSPS) is 16.4. The largest absolute Gasteiger partial charge is 0.573 e. The molecular weight excluding hydrogens is 397 g/mol. The summed E-state index contributed by atoms with van der Waals surface area (Å²) in [7, 11) is 1.52. The zero-order valence-electron chi connectivity index (χ0n) is 16.6. The lowest BCUT2D eigenvalue weighted by atomic mass is 10.1. The zero-order valence-corrected chi connectivity index (χ0v) is 16.6. The van der Waals surface area contributed by atoms with Crippen molar-refractivity contribution in [3.05, 3.63) is 65.7 Å². The fourth-order valence-corrected chi connectivity index (χ4v) is 3.64. The van der Waals surface area contributed by atoms with E-state index < -0.39 is 12.4 Å². The second-order valence-corrected chi connectivity index (χ2v) is 7.26. The smallest absolute Gasteiger partial charge is 0.405 e. The molecule has 5 nitrogen and oxygen atoms in total. The molecule has 0 bridgehead atoms. The van der Waals surface area contributed by atoms with Gasteiger partial charge < -0.3 is 14.5 Å². The average molecular weight is 420 g/mol. The minimum Gasteiger partial charge on any atom is -0.405 e. The summed E-state index contributed by atoms with van der Waals surface area (Å²) in [4.78, 5) is 28.6. The molecule has 1 aliphatic rings. The Balaban J connectivity index is 1.67. The van der Waals surface area contributed by atoms with Crippen LogP contribution in [-0.2, 0) is 22.6 Å². The highest BCUT2D eigenvalue weighted by Gasteiger charge is 2.36. The summed E-state index contributed by atoms with van der Waals surface area (Å²) in [5.74, 6) is -0.768. The number of benzene rings is 2. The van der Waals surface area contributed by atoms with Crippen LogP contribution in [0.25, 0.3) is 0 Å². The molecule has 1 fully saturated rings. The van der Waals surface area contributed by atoms with Gasteiger partial charge in [0.1, 0.15) is 11.8 Å². The van der Waals surface area contributed by atoms with E-state index in [1.807, 2.05) is 30.3 Å². The summed E-state index contributed by atoms with van der Waals surface area (Å²) in [5.41, 5.74) is 1.11. The lowest BCUT2D eigenvalue weighted by Gasteiger charge is -2.28. The molecule has 160 valence electrons. The van der Waals surface area contributed by atoms with Crippen molar-refractivity contribution in [2.45, 2.75) is 38.2 Å². The van der Waals surface area contributed by atoms with Crippen LogP contribution in [0.1, 0.15) is 24.0 Å². The molecule has 0 N–H and O–H groups in total. The number of likely N-dealkylation sites (N-methyl/N-ethyl adjacent to an activating group) is 1. The summed E-state index contributed by atoms with van der Waals surface area (Å²) < 4.78 is 42.0. The van der Waals surface area contributed by atoms with Gasteiger partial charge in [0.15, 0.2) is 0 Å². The van der Waals surface area contributed by atoms with Crippen molar-refractivity contribution in [1.29, 1.82) is 0 Å². The van der Waals surface area contributed by atoms with Crippen molar-refractivity contribution < 1.29 is 27.5 Å². The van der Waals surface area contributed by atoms with Crippen molar-refractivity contribution in [2.24, 2.45) is 0 Å². The van der Waals surface area contributed by atoms with Crippen molar-refractivity contribution in [3.8, 4) is 5.75 Å². The maximum absolute atomic E-state index is 13.0. The Kier molecular flexibility index (Phi) is 6.64. The molecule has 0 aromatic heterocycles. The number of para-hydroxylation sites is 1. The highest BCUT2D eigenvalue weighted by Crippen LogP contribution is 2.28. The average Bonchev–Trinajstić information content (AvgIpc) is 3.18. The van der Waals surface area contributed by atoms with E-state index >= 15 is 0 Å².